The zero-order valence-corrected chi connectivity index (χ0v) is 11.8. The number of amides is 1. The van der Waals surface area contributed by atoms with Crippen LogP contribution in [0.3, 0.4) is 0 Å². The molecule has 0 saturated carbocycles. The monoisotopic (exact) mass is 269 g/mol. The van der Waals surface area contributed by atoms with Crippen LogP contribution in [0.2, 0.25) is 0 Å². The van der Waals surface area contributed by atoms with Crippen LogP contribution in [0.1, 0.15) is 28.5 Å². The highest BCUT2D eigenvalue weighted by molar-refractivity contribution is 5.92. The van der Waals surface area contributed by atoms with Crippen molar-refractivity contribution < 1.29 is 4.79 Å². The molecule has 1 heterocycles. The Morgan fingerprint density at radius 2 is 1.85 bits per heavy atom. The maximum Gasteiger partial charge on any atom is 0.270 e. The number of benzene rings is 1. The van der Waals surface area contributed by atoms with E-state index in [1.807, 2.05) is 30.3 Å². The van der Waals surface area contributed by atoms with Crippen LogP contribution < -0.4 is 10.6 Å². The lowest BCUT2D eigenvalue weighted by Crippen LogP contribution is -2.24. The summed E-state index contributed by atoms with van der Waals surface area (Å²) in [5.41, 5.74) is 2.82. The van der Waals surface area contributed by atoms with Crippen molar-refractivity contribution >= 4 is 11.7 Å². The van der Waals surface area contributed by atoms with Gasteiger partial charge in [0.2, 0.25) is 0 Å². The normalized spacial score (nSPS) is 10.1. The molecule has 1 aromatic carbocycles. The molecule has 0 unspecified atom stereocenters. The van der Waals surface area contributed by atoms with Gasteiger partial charge >= 0.3 is 0 Å². The second-order valence-corrected chi connectivity index (χ2v) is 4.46. The minimum atomic E-state index is -0.159. The number of aromatic nitrogens is 1. The van der Waals surface area contributed by atoms with Gasteiger partial charge in [0.15, 0.2) is 0 Å². The summed E-state index contributed by atoms with van der Waals surface area (Å²) in [5.74, 6) is 0.527. The summed E-state index contributed by atoms with van der Waals surface area (Å²) in [6.07, 6.45) is 0.958. The first kappa shape index (κ1) is 14.1. The Balaban J connectivity index is 2.04. The number of carbonyl (C=O) groups is 1. The van der Waals surface area contributed by atoms with E-state index in [2.05, 4.69) is 28.6 Å². The summed E-state index contributed by atoms with van der Waals surface area (Å²) in [6.45, 7) is 2.63. The first-order valence-corrected chi connectivity index (χ1v) is 6.74. The third-order valence-electron chi connectivity index (χ3n) is 3.18. The second kappa shape index (κ2) is 6.70. The standard InChI is InChI=1S/C16H19N3O/c1-3-12-7-4-5-8-13(12)11-18-16(20)14-9-6-10-15(17-2)19-14/h4-10H,3,11H2,1-2H3,(H,17,19)(H,18,20). The van der Waals surface area contributed by atoms with Crippen LogP contribution >= 0.6 is 0 Å². The molecule has 0 saturated heterocycles. The molecule has 0 bridgehead atoms. The van der Waals surface area contributed by atoms with Gasteiger partial charge in [0.1, 0.15) is 11.5 Å². The van der Waals surface area contributed by atoms with Crippen molar-refractivity contribution in [3.05, 3.63) is 59.3 Å². The Morgan fingerprint density at radius 3 is 2.55 bits per heavy atom. The number of nitrogens with one attached hydrogen (secondary N) is 2. The van der Waals surface area contributed by atoms with Crippen LogP contribution in [-0.4, -0.2) is 17.9 Å². The molecule has 2 N–H and O–H groups in total. The summed E-state index contributed by atoms with van der Waals surface area (Å²) >= 11 is 0. The van der Waals surface area contributed by atoms with E-state index < -0.39 is 0 Å². The first-order chi connectivity index (χ1) is 9.74. The number of nitrogens with zero attached hydrogens (tertiary/aromatic N) is 1. The van der Waals surface area contributed by atoms with Crippen molar-refractivity contribution in [3.8, 4) is 0 Å². The largest absolute Gasteiger partial charge is 0.373 e. The fourth-order valence-electron chi connectivity index (χ4n) is 2.04. The SMILES string of the molecule is CCc1ccccc1CNC(=O)c1cccc(NC)n1. The molecule has 2 rings (SSSR count). The fourth-order valence-corrected chi connectivity index (χ4v) is 2.04. The molecule has 0 fully saturated rings. The van der Waals surface area contributed by atoms with Gasteiger partial charge in [0, 0.05) is 13.6 Å². The lowest BCUT2D eigenvalue weighted by atomic mass is 10.1. The molecule has 0 atom stereocenters. The lowest BCUT2D eigenvalue weighted by Gasteiger charge is -2.09. The molecule has 1 aromatic heterocycles. The van der Waals surface area contributed by atoms with Crippen molar-refractivity contribution in [1.29, 1.82) is 0 Å². The minimum Gasteiger partial charge on any atom is -0.373 e. The molecule has 0 aliphatic rings. The van der Waals surface area contributed by atoms with Crippen molar-refractivity contribution in [1.82, 2.24) is 10.3 Å². The first-order valence-electron chi connectivity index (χ1n) is 6.74. The fraction of sp³-hybridized carbons (Fsp3) is 0.250. The Morgan fingerprint density at radius 1 is 1.10 bits per heavy atom. The van der Waals surface area contributed by atoms with Crippen LogP contribution in [0.4, 0.5) is 5.82 Å². The van der Waals surface area contributed by atoms with E-state index in [4.69, 9.17) is 0 Å². The van der Waals surface area contributed by atoms with Gasteiger partial charge in [-0.2, -0.15) is 0 Å². The van der Waals surface area contributed by atoms with E-state index in [0.29, 0.717) is 18.1 Å². The summed E-state index contributed by atoms with van der Waals surface area (Å²) < 4.78 is 0. The van der Waals surface area contributed by atoms with Gasteiger partial charge in [0.25, 0.3) is 5.91 Å². The molecule has 1 amide bonds. The summed E-state index contributed by atoms with van der Waals surface area (Å²) in [6, 6.07) is 13.5. The maximum absolute atomic E-state index is 12.1. The predicted octanol–water partition coefficient (Wildman–Crippen LogP) is 2.62. The quantitative estimate of drug-likeness (QED) is 0.877. The van der Waals surface area contributed by atoms with Crippen molar-refractivity contribution in [2.45, 2.75) is 19.9 Å². The number of anilines is 1. The number of hydrogen-bond acceptors (Lipinski definition) is 3. The number of carbonyl (C=O) groups excluding carboxylic acids is 1. The molecular weight excluding hydrogens is 250 g/mol. The van der Waals surface area contributed by atoms with E-state index >= 15 is 0 Å². The number of pyridine rings is 1. The van der Waals surface area contributed by atoms with Gasteiger partial charge in [-0.25, -0.2) is 4.98 Å². The van der Waals surface area contributed by atoms with Crippen LogP contribution in [0.5, 0.6) is 0 Å². The summed E-state index contributed by atoms with van der Waals surface area (Å²) in [7, 11) is 1.78. The third-order valence-corrected chi connectivity index (χ3v) is 3.18. The maximum atomic E-state index is 12.1. The Hall–Kier alpha value is -2.36. The second-order valence-electron chi connectivity index (χ2n) is 4.46. The van der Waals surface area contributed by atoms with Crippen LogP contribution in [-0.2, 0) is 13.0 Å². The van der Waals surface area contributed by atoms with Gasteiger partial charge in [0.05, 0.1) is 0 Å². The minimum absolute atomic E-state index is 0.159. The molecule has 0 radical (unpaired) electrons. The van der Waals surface area contributed by atoms with Crippen LogP contribution in [0.15, 0.2) is 42.5 Å². The highest BCUT2D eigenvalue weighted by atomic mass is 16.1. The smallest absolute Gasteiger partial charge is 0.270 e. The molecule has 20 heavy (non-hydrogen) atoms. The lowest BCUT2D eigenvalue weighted by molar-refractivity contribution is 0.0946. The van der Waals surface area contributed by atoms with E-state index in [0.717, 1.165) is 12.0 Å². The van der Waals surface area contributed by atoms with Crippen LogP contribution in [0.25, 0.3) is 0 Å². The van der Waals surface area contributed by atoms with Crippen LogP contribution in [0, 0.1) is 0 Å². The van der Waals surface area contributed by atoms with E-state index in [1.165, 1.54) is 5.56 Å². The Kier molecular flexibility index (Phi) is 4.71. The number of hydrogen-bond donors (Lipinski definition) is 2. The summed E-state index contributed by atoms with van der Waals surface area (Å²) in [5, 5.41) is 5.84. The average Bonchev–Trinajstić information content (AvgIpc) is 2.52. The molecule has 0 aliphatic heterocycles. The van der Waals surface area contributed by atoms with Crippen molar-refractivity contribution in [2.24, 2.45) is 0 Å². The predicted molar refractivity (Wildman–Crippen MR) is 80.8 cm³/mol. The Bertz CT molecular complexity index is 596. The van der Waals surface area contributed by atoms with E-state index in [-0.39, 0.29) is 5.91 Å². The third kappa shape index (κ3) is 3.35. The number of aryl methyl sites for hydroxylation is 1. The highest BCUT2D eigenvalue weighted by Crippen LogP contribution is 2.09. The van der Waals surface area contributed by atoms with E-state index in [9.17, 15) is 4.79 Å². The molecule has 4 nitrogen and oxygen atoms in total. The molecule has 0 spiro atoms. The molecule has 4 heteroatoms. The molecular formula is C16H19N3O. The summed E-state index contributed by atoms with van der Waals surface area (Å²) in [4.78, 5) is 16.3. The van der Waals surface area contributed by atoms with Gasteiger partial charge < -0.3 is 10.6 Å². The molecule has 104 valence electrons. The van der Waals surface area contributed by atoms with Gasteiger partial charge in [-0.3, -0.25) is 4.79 Å². The van der Waals surface area contributed by atoms with Crippen molar-refractivity contribution in [2.75, 3.05) is 12.4 Å². The topological polar surface area (TPSA) is 54.0 Å². The zero-order chi connectivity index (χ0) is 14.4. The van der Waals surface area contributed by atoms with Gasteiger partial charge in [-0.05, 0) is 29.7 Å². The highest BCUT2D eigenvalue weighted by Gasteiger charge is 2.08. The Labute approximate surface area is 119 Å². The van der Waals surface area contributed by atoms with Crippen molar-refractivity contribution in [3.63, 3.8) is 0 Å². The van der Waals surface area contributed by atoms with Gasteiger partial charge in [-0.15, -0.1) is 0 Å². The van der Waals surface area contributed by atoms with Gasteiger partial charge in [-0.1, -0.05) is 37.3 Å². The molecule has 2 aromatic rings. The average molecular weight is 269 g/mol. The molecule has 0 aliphatic carbocycles. The zero-order valence-electron chi connectivity index (χ0n) is 11.8. The number of rotatable bonds is 5. The van der Waals surface area contributed by atoms with E-state index in [1.54, 1.807) is 13.1 Å².